The summed E-state index contributed by atoms with van der Waals surface area (Å²) < 4.78 is 1.01. The standard InChI is InChI=1S/C20H22ClN3OS/c1-23(2)13-14-24(18(25)12-11-15-7-4-3-5-8-15)20-22-19-16(21)9-6-10-17(19)26-20/h3-10H,11-14H2,1-2H3/p+1. The van der Waals surface area contributed by atoms with E-state index in [1.54, 1.807) is 0 Å². The van der Waals surface area contributed by atoms with Crippen molar-refractivity contribution >= 4 is 44.2 Å². The monoisotopic (exact) mass is 388 g/mol. The summed E-state index contributed by atoms with van der Waals surface area (Å²) in [6.45, 7) is 1.51. The Labute approximate surface area is 163 Å². The van der Waals surface area contributed by atoms with Crippen LogP contribution in [0.2, 0.25) is 5.02 Å². The Bertz CT molecular complexity index is 879. The molecule has 2 aromatic carbocycles. The van der Waals surface area contributed by atoms with Crippen LogP contribution in [0, 0.1) is 0 Å². The minimum absolute atomic E-state index is 0.102. The molecule has 0 saturated heterocycles. The van der Waals surface area contributed by atoms with E-state index in [0.717, 1.165) is 28.3 Å². The van der Waals surface area contributed by atoms with Crippen molar-refractivity contribution in [2.45, 2.75) is 12.8 Å². The maximum atomic E-state index is 12.9. The fraction of sp³-hybridized carbons (Fsp3) is 0.300. The lowest BCUT2D eigenvalue weighted by molar-refractivity contribution is -0.856. The van der Waals surface area contributed by atoms with Crippen molar-refractivity contribution in [3.63, 3.8) is 0 Å². The van der Waals surface area contributed by atoms with E-state index >= 15 is 0 Å². The maximum Gasteiger partial charge on any atom is 0.229 e. The predicted octanol–water partition coefficient (Wildman–Crippen LogP) is 3.06. The fourth-order valence-corrected chi connectivity index (χ4v) is 4.02. The summed E-state index contributed by atoms with van der Waals surface area (Å²) in [6, 6.07) is 15.8. The highest BCUT2D eigenvalue weighted by atomic mass is 35.5. The molecule has 0 aliphatic carbocycles. The summed E-state index contributed by atoms with van der Waals surface area (Å²) in [4.78, 5) is 20.7. The number of hydrogen-bond donors (Lipinski definition) is 1. The molecule has 0 spiro atoms. The van der Waals surface area contributed by atoms with Gasteiger partial charge >= 0.3 is 0 Å². The van der Waals surface area contributed by atoms with Gasteiger partial charge in [0.15, 0.2) is 5.13 Å². The largest absolute Gasteiger partial charge is 0.338 e. The number of halogens is 1. The molecule has 0 aliphatic heterocycles. The van der Waals surface area contributed by atoms with Crippen molar-refractivity contribution in [1.82, 2.24) is 4.98 Å². The van der Waals surface area contributed by atoms with Gasteiger partial charge < -0.3 is 4.90 Å². The van der Waals surface area contributed by atoms with Crippen molar-refractivity contribution in [1.29, 1.82) is 0 Å². The van der Waals surface area contributed by atoms with Crippen LogP contribution in [0.25, 0.3) is 10.2 Å². The minimum Gasteiger partial charge on any atom is -0.338 e. The summed E-state index contributed by atoms with van der Waals surface area (Å²) in [5.41, 5.74) is 1.94. The fourth-order valence-electron chi connectivity index (χ4n) is 2.71. The molecule has 0 aliphatic rings. The first-order valence-electron chi connectivity index (χ1n) is 8.73. The Morgan fingerprint density at radius 3 is 2.62 bits per heavy atom. The maximum absolute atomic E-state index is 12.9. The number of nitrogens with one attached hydrogen (secondary N) is 1. The van der Waals surface area contributed by atoms with Crippen LogP contribution in [-0.2, 0) is 11.2 Å². The number of thiazole rings is 1. The molecule has 136 valence electrons. The van der Waals surface area contributed by atoms with Gasteiger partial charge in [-0.1, -0.05) is 59.3 Å². The van der Waals surface area contributed by atoms with Crippen molar-refractivity contribution in [2.75, 3.05) is 32.1 Å². The van der Waals surface area contributed by atoms with Crippen molar-refractivity contribution < 1.29 is 9.69 Å². The van der Waals surface area contributed by atoms with Crippen LogP contribution in [0.1, 0.15) is 12.0 Å². The summed E-state index contributed by atoms with van der Waals surface area (Å²) in [7, 11) is 4.17. The van der Waals surface area contributed by atoms with Gasteiger partial charge in [-0.05, 0) is 24.1 Å². The van der Waals surface area contributed by atoms with Crippen LogP contribution < -0.4 is 9.80 Å². The van der Waals surface area contributed by atoms with E-state index in [0.29, 0.717) is 18.0 Å². The molecule has 1 heterocycles. The number of carbonyl (C=O) groups is 1. The molecular formula is C20H23ClN3OS+. The molecule has 0 radical (unpaired) electrons. The zero-order valence-corrected chi connectivity index (χ0v) is 16.6. The summed E-state index contributed by atoms with van der Waals surface area (Å²) >= 11 is 7.78. The van der Waals surface area contributed by atoms with Gasteiger partial charge in [0, 0.05) is 6.42 Å². The minimum atomic E-state index is 0.102. The Hall–Kier alpha value is -1.95. The van der Waals surface area contributed by atoms with E-state index in [1.807, 2.05) is 41.3 Å². The molecule has 0 unspecified atom stereocenters. The molecule has 0 saturated carbocycles. The van der Waals surface area contributed by atoms with Crippen LogP contribution in [0.5, 0.6) is 0 Å². The number of hydrogen-bond acceptors (Lipinski definition) is 3. The quantitative estimate of drug-likeness (QED) is 0.675. The number of aryl methyl sites for hydroxylation is 1. The highest BCUT2D eigenvalue weighted by Gasteiger charge is 2.21. The van der Waals surface area contributed by atoms with Gasteiger partial charge in [0.1, 0.15) is 5.52 Å². The van der Waals surface area contributed by atoms with Gasteiger partial charge in [0.25, 0.3) is 0 Å². The van der Waals surface area contributed by atoms with E-state index in [-0.39, 0.29) is 5.91 Å². The number of quaternary nitrogens is 1. The number of anilines is 1. The molecule has 3 rings (SSSR count). The lowest BCUT2D eigenvalue weighted by atomic mass is 10.1. The SMILES string of the molecule is C[NH+](C)CCN(C(=O)CCc1ccccc1)c1nc2c(Cl)cccc2s1. The number of nitrogens with zero attached hydrogens (tertiary/aromatic N) is 2. The second-order valence-corrected chi connectivity index (χ2v) is 7.99. The van der Waals surface area contributed by atoms with Crippen LogP contribution in [0.3, 0.4) is 0 Å². The highest BCUT2D eigenvalue weighted by Crippen LogP contribution is 2.33. The first-order valence-corrected chi connectivity index (χ1v) is 9.92. The number of likely N-dealkylation sites (N-methyl/N-ethyl adjacent to an activating group) is 1. The van der Waals surface area contributed by atoms with Gasteiger partial charge in [-0.15, -0.1) is 0 Å². The molecule has 3 aromatic rings. The van der Waals surface area contributed by atoms with Crippen molar-refractivity contribution in [2.24, 2.45) is 0 Å². The van der Waals surface area contributed by atoms with E-state index in [9.17, 15) is 4.79 Å². The molecule has 6 heteroatoms. The summed E-state index contributed by atoms with van der Waals surface area (Å²) in [6.07, 6.45) is 1.20. The van der Waals surface area contributed by atoms with E-state index < -0.39 is 0 Å². The zero-order chi connectivity index (χ0) is 18.5. The van der Waals surface area contributed by atoms with E-state index in [1.165, 1.54) is 21.8 Å². The molecule has 0 fully saturated rings. The zero-order valence-electron chi connectivity index (χ0n) is 15.0. The summed E-state index contributed by atoms with van der Waals surface area (Å²) in [5.74, 6) is 0.102. The Kier molecular flexibility index (Phi) is 6.25. The molecule has 1 N–H and O–H groups in total. The molecule has 1 amide bonds. The van der Waals surface area contributed by atoms with Crippen molar-refractivity contribution in [3.05, 3.63) is 59.1 Å². The lowest BCUT2D eigenvalue weighted by Crippen LogP contribution is -3.06. The number of aromatic nitrogens is 1. The number of fused-ring (bicyclic) bond motifs is 1. The average Bonchev–Trinajstić information content (AvgIpc) is 3.06. The third-order valence-corrected chi connectivity index (χ3v) is 5.54. The molecule has 1 aromatic heterocycles. The number of benzene rings is 2. The smallest absolute Gasteiger partial charge is 0.229 e. The van der Waals surface area contributed by atoms with Gasteiger partial charge in [-0.25, -0.2) is 4.98 Å². The lowest BCUT2D eigenvalue weighted by Gasteiger charge is -2.20. The summed E-state index contributed by atoms with van der Waals surface area (Å²) in [5, 5.41) is 1.35. The Balaban J connectivity index is 1.81. The van der Waals surface area contributed by atoms with Gasteiger partial charge in [-0.2, -0.15) is 0 Å². The topological polar surface area (TPSA) is 37.6 Å². The Morgan fingerprint density at radius 1 is 1.15 bits per heavy atom. The molecular weight excluding hydrogens is 366 g/mol. The second kappa shape index (κ2) is 8.62. The first kappa shape index (κ1) is 18.8. The normalized spacial score (nSPS) is 11.2. The number of amides is 1. The van der Waals surface area contributed by atoms with Crippen LogP contribution in [0.15, 0.2) is 48.5 Å². The molecule has 26 heavy (non-hydrogen) atoms. The Morgan fingerprint density at radius 2 is 1.92 bits per heavy atom. The molecule has 0 bridgehead atoms. The molecule has 4 nitrogen and oxygen atoms in total. The second-order valence-electron chi connectivity index (χ2n) is 6.57. The van der Waals surface area contributed by atoms with Crippen LogP contribution in [0.4, 0.5) is 5.13 Å². The van der Waals surface area contributed by atoms with Crippen molar-refractivity contribution in [3.8, 4) is 0 Å². The van der Waals surface area contributed by atoms with E-state index in [2.05, 4.69) is 31.2 Å². The predicted molar refractivity (Wildman–Crippen MR) is 109 cm³/mol. The van der Waals surface area contributed by atoms with Crippen LogP contribution >= 0.6 is 22.9 Å². The first-order chi connectivity index (χ1) is 12.5. The van der Waals surface area contributed by atoms with Crippen LogP contribution in [-0.4, -0.2) is 38.1 Å². The highest BCUT2D eigenvalue weighted by molar-refractivity contribution is 7.22. The van der Waals surface area contributed by atoms with E-state index in [4.69, 9.17) is 11.6 Å². The third-order valence-electron chi connectivity index (χ3n) is 4.20. The van der Waals surface area contributed by atoms with Gasteiger partial charge in [-0.3, -0.25) is 9.69 Å². The average molecular weight is 389 g/mol. The number of para-hydroxylation sites is 1. The van der Waals surface area contributed by atoms with Gasteiger partial charge in [0.2, 0.25) is 5.91 Å². The molecule has 0 atom stereocenters. The number of carbonyl (C=O) groups excluding carboxylic acids is 1. The third kappa shape index (κ3) is 4.61. The number of rotatable bonds is 7. The van der Waals surface area contributed by atoms with Gasteiger partial charge in [0.05, 0.1) is 36.9 Å².